The summed E-state index contributed by atoms with van der Waals surface area (Å²) in [5.41, 5.74) is 1.21. The van der Waals surface area contributed by atoms with Crippen LogP contribution in [0.1, 0.15) is 60.2 Å². The van der Waals surface area contributed by atoms with Gasteiger partial charge in [0.15, 0.2) is 5.16 Å². The lowest BCUT2D eigenvalue weighted by atomic mass is 9.86. The number of imidazole rings is 1. The molecule has 0 bridgehead atoms. The smallest absolute Gasteiger partial charge is 0.313 e. The molecule has 0 radical (unpaired) electrons. The zero-order valence-corrected chi connectivity index (χ0v) is 14.3. The van der Waals surface area contributed by atoms with E-state index in [1.165, 1.54) is 11.8 Å². The molecule has 0 spiro atoms. The number of thioether (sulfide) groups is 1. The third kappa shape index (κ3) is 4.01. The third-order valence-corrected chi connectivity index (χ3v) is 4.45. The Bertz CT molecular complexity index is 481. The average Bonchev–Trinajstić information content (AvgIpc) is 2.66. The number of carboxylic acid groups (broad SMARTS) is 1. The molecule has 4 nitrogen and oxygen atoms in total. The van der Waals surface area contributed by atoms with E-state index in [-0.39, 0.29) is 22.6 Å². The molecule has 20 heavy (non-hydrogen) atoms. The second kappa shape index (κ2) is 5.80. The summed E-state index contributed by atoms with van der Waals surface area (Å²) in [5.74, 6) is -0.775. The molecule has 1 heterocycles. The highest BCUT2D eigenvalue weighted by atomic mass is 32.2. The van der Waals surface area contributed by atoms with Crippen LogP contribution in [-0.2, 0) is 10.2 Å². The van der Waals surface area contributed by atoms with Crippen molar-refractivity contribution in [3.8, 4) is 0 Å². The van der Waals surface area contributed by atoms with Crippen molar-refractivity contribution < 1.29 is 9.90 Å². The Hall–Kier alpha value is -0.970. The van der Waals surface area contributed by atoms with Crippen molar-refractivity contribution in [3.05, 3.63) is 11.9 Å². The van der Waals surface area contributed by atoms with Gasteiger partial charge in [-0.25, -0.2) is 4.98 Å². The first-order valence-corrected chi connectivity index (χ1v) is 7.85. The van der Waals surface area contributed by atoms with Gasteiger partial charge in [-0.15, -0.1) is 0 Å². The van der Waals surface area contributed by atoms with Crippen molar-refractivity contribution >= 4 is 17.7 Å². The molecule has 5 heteroatoms. The molecule has 1 aromatic heterocycles. The number of aromatic nitrogens is 2. The Morgan fingerprint density at radius 3 is 2.30 bits per heavy atom. The lowest BCUT2D eigenvalue weighted by molar-refractivity contribution is -0.133. The van der Waals surface area contributed by atoms with Gasteiger partial charge < -0.3 is 9.67 Å². The number of hydrogen-bond acceptors (Lipinski definition) is 3. The molecule has 1 atom stereocenters. The van der Waals surface area contributed by atoms with Crippen LogP contribution < -0.4 is 0 Å². The predicted molar refractivity (Wildman–Crippen MR) is 83.5 cm³/mol. The highest BCUT2D eigenvalue weighted by molar-refractivity contribution is 7.99. The van der Waals surface area contributed by atoms with E-state index in [0.29, 0.717) is 0 Å². The van der Waals surface area contributed by atoms with Crippen LogP contribution in [0.25, 0.3) is 0 Å². The van der Waals surface area contributed by atoms with Crippen molar-refractivity contribution in [2.45, 2.75) is 65.1 Å². The van der Waals surface area contributed by atoms with Crippen LogP contribution >= 0.6 is 11.8 Å². The van der Waals surface area contributed by atoms with Crippen molar-refractivity contribution in [2.75, 3.05) is 5.75 Å². The van der Waals surface area contributed by atoms with E-state index in [1.54, 1.807) is 0 Å². The number of aliphatic carboxylic acids is 1. The summed E-state index contributed by atoms with van der Waals surface area (Å²) in [6.07, 6.45) is 1.88. The summed E-state index contributed by atoms with van der Waals surface area (Å²) in [5, 5.41) is 9.66. The highest BCUT2D eigenvalue weighted by Gasteiger charge is 2.30. The van der Waals surface area contributed by atoms with Gasteiger partial charge >= 0.3 is 5.97 Å². The van der Waals surface area contributed by atoms with E-state index in [1.807, 2.05) is 6.20 Å². The number of carboxylic acids is 1. The molecule has 0 aliphatic rings. The normalized spacial score (nSPS) is 14.3. The number of nitrogens with zero attached hydrogens (tertiary/aromatic N) is 2. The SMILES string of the molecule is CC(n1c(C(C)(C)C)cnc1SCC(=O)O)C(C)(C)C. The monoisotopic (exact) mass is 298 g/mol. The van der Waals surface area contributed by atoms with Crippen LogP contribution in [0.4, 0.5) is 0 Å². The van der Waals surface area contributed by atoms with Crippen molar-refractivity contribution in [1.82, 2.24) is 9.55 Å². The molecule has 1 N–H and O–H groups in total. The predicted octanol–water partition coefficient (Wildman–Crippen LogP) is 3.96. The Morgan fingerprint density at radius 1 is 1.35 bits per heavy atom. The maximum Gasteiger partial charge on any atom is 0.313 e. The van der Waals surface area contributed by atoms with E-state index in [0.717, 1.165) is 10.9 Å². The van der Waals surface area contributed by atoms with E-state index in [4.69, 9.17) is 5.11 Å². The number of hydrogen-bond donors (Lipinski definition) is 1. The number of rotatable bonds is 4. The van der Waals surface area contributed by atoms with Gasteiger partial charge in [-0.2, -0.15) is 0 Å². The second-order valence-corrected chi connectivity index (χ2v) is 8.21. The fourth-order valence-corrected chi connectivity index (χ4v) is 2.67. The summed E-state index contributed by atoms with van der Waals surface area (Å²) in [7, 11) is 0. The van der Waals surface area contributed by atoms with Crippen molar-refractivity contribution in [3.63, 3.8) is 0 Å². The molecule has 0 aliphatic carbocycles. The molecule has 1 rings (SSSR count). The van der Waals surface area contributed by atoms with Gasteiger partial charge in [0.1, 0.15) is 0 Å². The van der Waals surface area contributed by atoms with Crippen LogP contribution in [0.2, 0.25) is 0 Å². The topological polar surface area (TPSA) is 55.1 Å². The first kappa shape index (κ1) is 17.1. The summed E-state index contributed by atoms with van der Waals surface area (Å²) >= 11 is 1.29. The molecule has 0 saturated heterocycles. The molecule has 0 amide bonds. The minimum atomic E-state index is -0.815. The van der Waals surface area contributed by atoms with Gasteiger partial charge in [-0.3, -0.25) is 4.79 Å². The highest BCUT2D eigenvalue weighted by Crippen LogP contribution is 2.37. The van der Waals surface area contributed by atoms with E-state index >= 15 is 0 Å². The zero-order chi connectivity index (χ0) is 15.7. The van der Waals surface area contributed by atoms with Crippen LogP contribution in [0.5, 0.6) is 0 Å². The van der Waals surface area contributed by atoms with Gasteiger partial charge in [-0.1, -0.05) is 53.3 Å². The summed E-state index contributed by atoms with van der Waals surface area (Å²) in [6.45, 7) is 15.2. The first-order chi connectivity index (χ1) is 8.94. The molecule has 0 aliphatic heterocycles. The number of carbonyl (C=O) groups is 1. The zero-order valence-electron chi connectivity index (χ0n) is 13.5. The molecular weight excluding hydrogens is 272 g/mol. The molecule has 1 aromatic rings. The van der Waals surface area contributed by atoms with Crippen LogP contribution in [0.3, 0.4) is 0 Å². The van der Waals surface area contributed by atoms with Crippen molar-refractivity contribution in [1.29, 1.82) is 0 Å². The minimum Gasteiger partial charge on any atom is -0.481 e. The summed E-state index contributed by atoms with van der Waals surface area (Å²) in [6, 6.07) is 0.246. The Morgan fingerprint density at radius 2 is 1.90 bits per heavy atom. The van der Waals surface area contributed by atoms with Gasteiger partial charge in [0.2, 0.25) is 0 Å². The van der Waals surface area contributed by atoms with Gasteiger partial charge in [0.05, 0.1) is 5.75 Å². The van der Waals surface area contributed by atoms with Crippen LogP contribution in [-0.4, -0.2) is 26.4 Å². The van der Waals surface area contributed by atoms with E-state index in [2.05, 4.69) is 58.0 Å². The van der Waals surface area contributed by atoms with Gasteiger partial charge in [0.25, 0.3) is 0 Å². The van der Waals surface area contributed by atoms with E-state index < -0.39 is 5.97 Å². The van der Waals surface area contributed by atoms with Gasteiger partial charge in [-0.05, 0) is 12.3 Å². The molecule has 0 saturated carbocycles. The maximum atomic E-state index is 10.8. The molecule has 1 unspecified atom stereocenters. The Kier molecular flexibility index (Phi) is 4.95. The fourth-order valence-electron chi connectivity index (χ4n) is 1.89. The maximum absolute atomic E-state index is 10.8. The summed E-state index contributed by atoms with van der Waals surface area (Å²) < 4.78 is 2.20. The second-order valence-electron chi connectivity index (χ2n) is 7.27. The molecule has 114 valence electrons. The lowest BCUT2D eigenvalue weighted by Crippen LogP contribution is -2.27. The molecule has 0 aromatic carbocycles. The standard InChI is InChI=1S/C15H26N2O2S/c1-10(14(2,3)4)17-11(15(5,6)7)8-16-13(17)20-9-12(18)19/h8,10H,9H2,1-7H3,(H,18,19). The Balaban J connectivity index is 3.26. The van der Waals surface area contributed by atoms with Crippen LogP contribution in [0.15, 0.2) is 11.4 Å². The fraction of sp³-hybridized carbons (Fsp3) is 0.733. The average molecular weight is 298 g/mol. The van der Waals surface area contributed by atoms with Crippen LogP contribution in [0, 0.1) is 5.41 Å². The molecule has 0 fully saturated rings. The quantitative estimate of drug-likeness (QED) is 0.855. The lowest BCUT2D eigenvalue weighted by Gasteiger charge is -2.33. The van der Waals surface area contributed by atoms with E-state index in [9.17, 15) is 4.79 Å². The largest absolute Gasteiger partial charge is 0.481 e. The van der Waals surface area contributed by atoms with Crippen molar-refractivity contribution in [2.24, 2.45) is 5.41 Å². The van der Waals surface area contributed by atoms with Gasteiger partial charge in [0, 0.05) is 23.3 Å². The molecular formula is C15H26N2O2S. The first-order valence-electron chi connectivity index (χ1n) is 6.87. The Labute approximate surface area is 126 Å². The third-order valence-electron chi connectivity index (χ3n) is 3.50. The summed E-state index contributed by atoms with van der Waals surface area (Å²) in [4.78, 5) is 15.2. The minimum absolute atomic E-state index is 0.0193.